The topological polar surface area (TPSA) is 47.6 Å². The molecule has 1 unspecified atom stereocenters. The van der Waals surface area contributed by atoms with Gasteiger partial charge in [0, 0.05) is 0 Å². The van der Waals surface area contributed by atoms with Crippen molar-refractivity contribution in [2.45, 2.75) is 32.2 Å². The fourth-order valence-corrected chi connectivity index (χ4v) is 1.99. The van der Waals surface area contributed by atoms with Crippen molar-refractivity contribution in [2.24, 2.45) is 10.7 Å². The van der Waals surface area contributed by atoms with Crippen LogP contribution < -0.4 is 5.73 Å². The molecular weight excluding hydrogens is 200 g/mol. The highest BCUT2D eigenvalue weighted by Crippen LogP contribution is 2.29. The van der Waals surface area contributed by atoms with E-state index in [1.54, 1.807) is 0 Å². The van der Waals surface area contributed by atoms with Crippen LogP contribution in [0.4, 0.5) is 0 Å². The molecule has 16 heavy (non-hydrogen) atoms. The molecule has 3 heteroatoms. The zero-order valence-electron chi connectivity index (χ0n) is 9.86. The van der Waals surface area contributed by atoms with E-state index in [9.17, 15) is 0 Å². The van der Waals surface area contributed by atoms with Gasteiger partial charge in [0.1, 0.15) is 12.1 Å². The number of hydrogen-bond acceptors (Lipinski definition) is 3. The Morgan fingerprint density at radius 1 is 1.38 bits per heavy atom. The molecule has 0 amide bonds. The van der Waals surface area contributed by atoms with E-state index in [2.05, 4.69) is 36.2 Å². The van der Waals surface area contributed by atoms with Gasteiger partial charge in [-0.15, -0.1) is 0 Å². The number of amidine groups is 1. The van der Waals surface area contributed by atoms with Gasteiger partial charge >= 0.3 is 0 Å². The van der Waals surface area contributed by atoms with E-state index in [-0.39, 0.29) is 5.54 Å². The quantitative estimate of drug-likeness (QED) is 0.845. The maximum atomic E-state index is 5.55. The third-order valence-corrected chi connectivity index (χ3v) is 2.97. The average Bonchev–Trinajstić information content (AvgIpc) is 2.61. The molecular formula is C13H18N2O. The third-order valence-electron chi connectivity index (χ3n) is 2.97. The van der Waals surface area contributed by atoms with Crippen molar-refractivity contribution in [3.63, 3.8) is 0 Å². The van der Waals surface area contributed by atoms with Gasteiger partial charge in [-0.05, 0) is 24.5 Å². The number of nitrogens with two attached hydrogens (primary N) is 1. The Hall–Kier alpha value is -1.51. The summed E-state index contributed by atoms with van der Waals surface area (Å²) < 4.78 is 5.23. The van der Waals surface area contributed by atoms with Crippen molar-refractivity contribution in [1.82, 2.24) is 0 Å². The van der Waals surface area contributed by atoms with Crippen molar-refractivity contribution in [2.75, 3.05) is 6.61 Å². The predicted molar refractivity (Wildman–Crippen MR) is 65.4 cm³/mol. The maximum absolute atomic E-state index is 5.55. The van der Waals surface area contributed by atoms with E-state index in [0.717, 1.165) is 12.0 Å². The van der Waals surface area contributed by atoms with Gasteiger partial charge in [-0.2, -0.15) is 0 Å². The van der Waals surface area contributed by atoms with Gasteiger partial charge in [-0.3, -0.25) is 0 Å². The van der Waals surface area contributed by atoms with Crippen LogP contribution in [-0.4, -0.2) is 12.6 Å². The zero-order chi connectivity index (χ0) is 11.6. The van der Waals surface area contributed by atoms with Gasteiger partial charge in [-0.25, -0.2) is 4.99 Å². The Morgan fingerprint density at radius 2 is 2.06 bits per heavy atom. The number of aliphatic imine (C=N–C) groups is 1. The fraction of sp³-hybridized carbons (Fsp3) is 0.462. The van der Waals surface area contributed by atoms with Gasteiger partial charge in [0.15, 0.2) is 0 Å². The average molecular weight is 218 g/mol. The number of nitrogens with zero attached hydrogens (tertiary/aromatic N) is 1. The molecule has 0 saturated heterocycles. The van der Waals surface area contributed by atoms with Crippen LogP contribution in [0, 0.1) is 0 Å². The van der Waals surface area contributed by atoms with Crippen molar-refractivity contribution >= 4 is 6.02 Å². The summed E-state index contributed by atoms with van der Waals surface area (Å²) in [5.74, 6) is 0. The molecule has 0 spiro atoms. The van der Waals surface area contributed by atoms with E-state index in [0.29, 0.717) is 12.6 Å². The summed E-state index contributed by atoms with van der Waals surface area (Å²) in [6.45, 7) is 4.76. The summed E-state index contributed by atoms with van der Waals surface area (Å²) >= 11 is 0. The Balaban J connectivity index is 2.22. The molecule has 1 atom stereocenters. The zero-order valence-corrected chi connectivity index (χ0v) is 9.86. The molecule has 0 radical (unpaired) electrons. The highest BCUT2D eigenvalue weighted by atomic mass is 16.5. The lowest BCUT2D eigenvalue weighted by Crippen LogP contribution is -2.20. The summed E-state index contributed by atoms with van der Waals surface area (Å²) in [6.07, 6.45) is 2.30. The van der Waals surface area contributed by atoms with E-state index < -0.39 is 0 Å². The van der Waals surface area contributed by atoms with E-state index in [4.69, 9.17) is 10.5 Å². The minimum atomic E-state index is -0.311. The first-order valence-corrected chi connectivity index (χ1v) is 5.71. The largest absolute Gasteiger partial charge is 0.462 e. The summed E-state index contributed by atoms with van der Waals surface area (Å²) in [4.78, 5) is 4.34. The van der Waals surface area contributed by atoms with Crippen molar-refractivity contribution in [1.29, 1.82) is 0 Å². The SMILES string of the molecule is CCCc1ccc(C2(C)COC(N)=N2)cc1. The summed E-state index contributed by atoms with van der Waals surface area (Å²) in [5.41, 5.74) is 7.77. The van der Waals surface area contributed by atoms with Gasteiger partial charge in [0.2, 0.25) is 0 Å². The minimum absolute atomic E-state index is 0.292. The molecule has 86 valence electrons. The van der Waals surface area contributed by atoms with Crippen LogP contribution >= 0.6 is 0 Å². The molecule has 0 bridgehead atoms. The molecule has 0 saturated carbocycles. The van der Waals surface area contributed by atoms with Gasteiger partial charge < -0.3 is 10.5 Å². The van der Waals surface area contributed by atoms with Crippen molar-refractivity contribution in [3.05, 3.63) is 35.4 Å². The molecule has 1 aliphatic rings. The summed E-state index contributed by atoms with van der Waals surface area (Å²) in [6, 6.07) is 8.86. The fourth-order valence-electron chi connectivity index (χ4n) is 1.99. The molecule has 3 nitrogen and oxygen atoms in total. The number of benzene rings is 1. The highest BCUT2D eigenvalue weighted by molar-refractivity contribution is 5.74. The second-order valence-electron chi connectivity index (χ2n) is 4.46. The molecule has 0 aliphatic carbocycles. The molecule has 1 aromatic carbocycles. The number of hydrogen-bond donors (Lipinski definition) is 1. The molecule has 0 fully saturated rings. The highest BCUT2D eigenvalue weighted by Gasteiger charge is 2.32. The van der Waals surface area contributed by atoms with Crippen LogP contribution in [0.15, 0.2) is 29.3 Å². The molecule has 1 aromatic rings. The van der Waals surface area contributed by atoms with Crippen LogP contribution in [0.25, 0.3) is 0 Å². The lowest BCUT2D eigenvalue weighted by atomic mass is 9.93. The maximum Gasteiger partial charge on any atom is 0.283 e. The molecule has 0 aromatic heterocycles. The Morgan fingerprint density at radius 3 is 2.56 bits per heavy atom. The smallest absolute Gasteiger partial charge is 0.283 e. The standard InChI is InChI=1S/C13H18N2O/c1-3-4-10-5-7-11(8-6-10)13(2)9-16-12(14)15-13/h5-8H,3-4,9H2,1-2H3,(H2,14,15). The molecule has 2 N–H and O–H groups in total. The number of ether oxygens (including phenoxy) is 1. The normalized spacial score (nSPS) is 24.0. The van der Waals surface area contributed by atoms with E-state index in [1.807, 2.05) is 6.92 Å². The van der Waals surface area contributed by atoms with Crippen molar-refractivity contribution < 1.29 is 4.74 Å². The first-order chi connectivity index (χ1) is 7.64. The van der Waals surface area contributed by atoms with Crippen molar-refractivity contribution in [3.8, 4) is 0 Å². The second-order valence-corrected chi connectivity index (χ2v) is 4.46. The van der Waals surface area contributed by atoms with E-state index in [1.165, 1.54) is 12.0 Å². The third kappa shape index (κ3) is 2.03. The Bertz CT molecular complexity index is 397. The second kappa shape index (κ2) is 4.16. The molecule has 1 heterocycles. The molecule has 1 aliphatic heterocycles. The summed E-state index contributed by atoms with van der Waals surface area (Å²) in [5, 5.41) is 0. The van der Waals surface area contributed by atoms with Gasteiger partial charge in [0.25, 0.3) is 6.02 Å². The van der Waals surface area contributed by atoms with Crippen LogP contribution in [-0.2, 0) is 16.7 Å². The van der Waals surface area contributed by atoms with Crippen LogP contribution in [0.2, 0.25) is 0 Å². The Labute approximate surface area is 96.3 Å². The summed E-state index contributed by atoms with van der Waals surface area (Å²) in [7, 11) is 0. The van der Waals surface area contributed by atoms with Crippen LogP contribution in [0.1, 0.15) is 31.4 Å². The van der Waals surface area contributed by atoms with E-state index >= 15 is 0 Å². The Kier molecular flexibility index (Phi) is 2.86. The monoisotopic (exact) mass is 218 g/mol. The molecule has 2 rings (SSSR count). The van der Waals surface area contributed by atoms with Crippen LogP contribution in [0.5, 0.6) is 0 Å². The lowest BCUT2D eigenvalue weighted by Gasteiger charge is -2.18. The first-order valence-electron chi connectivity index (χ1n) is 5.71. The van der Waals surface area contributed by atoms with Gasteiger partial charge in [0.05, 0.1) is 0 Å². The van der Waals surface area contributed by atoms with Gasteiger partial charge in [-0.1, -0.05) is 37.6 Å². The number of aryl methyl sites for hydroxylation is 1. The first kappa shape index (κ1) is 11.0. The lowest BCUT2D eigenvalue weighted by molar-refractivity contribution is 0.266. The minimum Gasteiger partial charge on any atom is -0.462 e. The number of rotatable bonds is 3. The van der Waals surface area contributed by atoms with Crippen LogP contribution in [0.3, 0.4) is 0 Å². The predicted octanol–water partition coefficient (Wildman–Crippen LogP) is 2.20.